The zero-order chi connectivity index (χ0) is 25.2. The quantitative estimate of drug-likeness (QED) is 0.426. The van der Waals surface area contributed by atoms with Crippen LogP contribution in [0.1, 0.15) is 46.0 Å². The minimum absolute atomic E-state index is 0.0736. The van der Waals surface area contributed by atoms with E-state index in [9.17, 15) is 19.1 Å². The highest BCUT2D eigenvalue weighted by Crippen LogP contribution is 2.38. The summed E-state index contributed by atoms with van der Waals surface area (Å²) < 4.78 is 19.7. The van der Waals surface area contributed by atoms with Crippen LogP contribution in [0.15, 0.2) is 60.7 Å². The van der Waals surface area contributed by atoms with Crippen molar-refractivity contribution < 1.29 is 23.8 Å². The Hall–Kier alpha value is -3.38. The Morgan fingerprint density at radius 2 is 1.80 bits per heavy atom. The van der Waals surface area contributed by atoms with Crippen molar-refractivity contribution in [3.63, 3.8) is 0 Å². The second-order valence-electron chi connectivity index (χ2n) is 9.33. The molecule has 1 aliphatic rings. The molecule has 0 radical (unpaired) electrons. The molecular formula is C28H27ClFNO4. The van der Waals surface area contributed by atoms with Crippen LogP contribution in [0.3, 0.4) is 0 Å². The number of carbonyl (C=O) groups excluding carboxylic acids is 1. The molecule has 1 amide bonds. The van der Waals surface area contributed by atoms with E-state index in [4.69, 9.17) is 16.3 Å². The zero-order valence-corrected chi connectivity index (χ0v) is 20.4. The fourth-order valence-corrected chi connectivity index (χ4v) is 4.62. The SMILES string of the molecule is Cc1ccc(CN(CCC(=O)O)C(=O)c2ccc3c(c2)CC(C)(Cc2ccc(F)c(Cl)c2)O3)cc1. The van der Waals surface area contributed by atoms with Crippen molar-refractivity contribution in [1.82, 2.24) is 4.90 Å². The van der Waals surface area contributed by atoms with Gasteiger partial charge in [0.05, 0.1) is 11.4 Å². The lowest BCUT2D eigenvalue weighted by Gasteiger charge is -2.24. The van der Waals surface area contributed by atoms with E-state index in [0.29, 0.717) is 30.7 Å². The number of amides is 1. The Morgan fingerprint density at radius 3 is 2.49 bits per heavy atom. The minimum atomic E-state index is -0.953. The van der Waals surface area contributed by atoms with E-state index >= 15 is 0 Å². The van der Waals surface area contributed by atoms with Gasteiger partial charge in [-0.2, -0.15) is 0 Å². The van der Waals surface area contributed by atoms with Crippen molar-refractivity contribution in [2.24, 2.45) is 0 Å². The molecule has 0 aliphatic carbocycles. The van der Waals surface area contributed by atoms with Gasteiger partial charge in [-0.15, -0.1) is 0 Å². The topological polar surface area (TPSA) is 66.8 Å². The standard InChI is InChI=1S/C28H27ClFNO4/c1-18-3-5-19(6-4-18)17-31(12-11-26(32)33)27(34)21-8-10-25-22(14-21)16-28(2,35-25)15-20-7-9-24(30)23(29)13-20/h3-10,13-14H,11-12,15-17H2,1-2H3,(H,32,33). The Kier molecular flexibility index (Phi) is 7.13. The lowest BCUT2D eigenvalue weighted by molar-refractivity contribution is -0.137. The van der Waals surface area contributed by atoms with Crippen molar-refractivity contribution in [1.29, 1.82) is 0 Å². The number of aliphatic carboxylic acids is 1. The number of carbonyl (C=O) groups is 2. The van der Waals surface area contributed by atoms with Gasteiger partial charge in [-0.25, -0.2) is 4.39 Å². The number of aryl methyl sites for hydroxylation is 1. The molecule has 3 aromatic rings. The molecule has 1 unspecified atom stereocenters. The third kappa shape index (κ3) is 6.01. The Balaban J connectivity index is 1.52. The number of fused-ring (bicyclic) bond motifs is 1. The molecule has 182 valence electrons. The van der Waals surface area contributed by atoms with E-state index in [1.54, 1.807) is 29.2 Å². The summed E-state index contributed by atoms with van der Waals surface area (Å²) in [6, 6.07) is 17.8. The van der Waals surface area contributed by atoms with E-state index < -0.39 is 17.4 Å². The molecule has 0 saturated heterocycles. The average molecular weight is 496 g/mol. The molecule has 35 heavy (non-hydrogen) atoms. The molecule has 0 saturated carbocycles. The molecular weight excluding hydrogens is 469 g/mol. The highest BCUT2D eigenvalue weighted by molar-refractivity contribution is 6.30. The van der Waals surface area contributed by atoms with Gasteiger partial charge in [0.2, 0.25) is 0 Å². The normalized spacial score (nSPS) is 16.5. The van der Waals surface area contributed by atoms with Crippen LogP contribution >= 0.6 is 11.6 Å². The average Bonchev–Trinajstić information content (AvgIpc) is 3.14. The van der Waals surface area contributed by atoms with Gasteiger partial charge in [0.1, 0.15) is 17.2 Å². The van der Waals surface area contributed by atoms with Crippen molar-refractivity contribution in [3.8, 4) is 5.75 Å². The fourth-order valence-electron chi connectivity index (χ4n) is 4.41. The van der Waals surface area contributed by atoms with Crippen LogP contribution in [-0.2, 0) is 24.2 Å². The zero-order valence-electron chi connectivity index (χ0n) is 19.7. The van der Waals surface area contributed by atoms with Crippen molar-refractivity contribution in [2.45, 2.75) is 45.3 Å². The summed E-state index contributed by atoms with van der Waals surface area (Å²) in [7, 11) is 0. The molecule has 1 heterocycles. The number of rotatable bonds is 8. The summed E-state index contributed by atoms with van der Waals surface area (Å²) in [6.07, 6.45) is 0.971. The van der Waals surface area contributed by atoms with Crippen LogP contribution in [-0.4, -0.2) is 34.0 Å². The first-order chi connectivity index (χ1) is 16.6. The predicted octanol–water partition coefficient (Wildman–Crippen LogP) is 5.84. The van der Waals surface area contributed by atoms with Crippen LogP contribution in [0.4, 0.5) is 4.39 Å². The second kappa shape index (κ2) is 10.1. The first-order valence-electron chi connectivity index (χ1n) is 11.4. The number of carboxylic acids is 1. The summed E-state index contributed by atoms with van der Waals surface area (Å²) in [6.45, 7) is 4.40. The highest BCUT2D eigenvalue weighted by Gasteiger charge is 2.35. The molecule has 0 bridgehead atoms. The van der Waals surface area contributed by atoms with Gasteiger partial charge in [-0.3, -0.25) is 9.59 Å². The van der Waals surface area contributed by atoms with Crippen LogP contribution in [0.2, 0.25) is 5.02 Å². The van der Waals surface area contributed by atoms with Crippen molar-refractivity contribution in [3.05, 3.63) is 99.3 Å². The molecule has 4 rings (SSSR count). The van der Waals surface area contributed by atoms with Gasteiger partial charge in [0.25, 0.3) is 5.91 Å². The summed E-state index contributed by atoms with van der Waals surface area (Å²) in [5.74, 6) is -0.940. The van der Waals surface area contributed by atoms with Crippen LogP contribution in [0.25, 0.3) is 0 Å². The summed E-state index contributed by atoms with van der Waals surface area (Å²) in [5, 5.41) is 9.25. The van der Waals surface area contributed by atoms with Crippen LogP contribution in [0, 0.1) is 12.7 Å². The van der Waals surface area contributed by atoms with Gasteiger partial charge in [0.15, 0.2) is 0 Å². The first-order valence-corrected chi connectivity index (χ1v) is 11.8. The maximum absolute atomic E-state index is 13.5. The number of hydrogen-bond donors (Lipinski definition) is 1. The number of nitrogens with zero attached hydrogens (tertiary/aromatic N) is 1. The minimum Gasteiger partial charge on any atom is -0.487 e. The lowest BCUT2D eigenvalue weighted by atomic mass is 9.91. The third-order valence-corrected chi connectivity index (χ3v) is 6.46. The predicted molar refractivity (Wildman–Crippen MR) is 132 cm³/mol. The highest BCUT2D eigenvalue weighted by atomic mass is 35.5. The van der Waals surface area contributed by atoms with Gasteiger partial charge in [-0.1, -0.05) is 47.5 Å². The van der Waals surface area contributed by atoms with E-state index in [1.165, 1.54) is 6.07 Å². The van der Waals surface area contributed by atoms with Gasteiger partial charge >= 0.3 is 5.97 Å². The molecule has 0 fully saturated rings. The number of benzene rings is 3. The summed E-state index contributed by atoms with van der Waals surface area (Å²) >= 11 is 5.94. The Bertz CT molecular complexity index is 1260. The van der Waals surface area contributed by atoms with E-state index in [1.807, 2.05) is 44.2 Å². The van der Waals surface area contributed by atoms with Gasteiger partial charge in [-0.05, 0) is 60.9 Å². The lowest BCUT2D eigenvalue weighted by Crippen LogP contribution is -2.33. The first kappa shape index (κ1) is 24.7. The Morgan fingerprint density at radius 1 is 1.09 bits per heavy atom. The number of ether oxygens (including phenoxy) is 1. The second-order valence-corrected chi connectivity index (χ2v) is 9.74. The maximum Gasteiger partial charge on any atom is 0.305 e. The smallest absolute Gasteiger partial charge is 0.305 e. The fraction of sp³-hybridized carbons (Fsp3) is 0.286. The number of halogens is 2. The molecule has 1 atom stereocenters. The molecule has 5 nitrogen and oxygen atoms in total. The van der Waals surface area contributed by atoms with Gasteiger partial charge < -0.3 is 14.7 Å². The van der Waals surface area contributed by atoms with Gasteiger partial charge in [0, 0.05) is 31.5 Å². The molecule has 3 aromatic carbocycles. The molecule has 7 heteroatoms. The van der Waals surface area contributed by atoms with E-state index in [-0.39, 0.29) is 23.9 Å². The molecule has 1 aliphatic heterocycles. The largest absolute Gasteiger partial charge is 0.487 e. The number of carboxylic acid groups (broad SMARTS) is 1. The van der Waals surface area contributed by atoms with E-state index in [0.717, 1.165) is 22.3 Å². The van der Waals surface area contributed by atoms with E-state index in [2.05, 4.69) is 0 Å². The Labute approximate surface area is 209 Å². The van der Waals surface area contributed by atoms with Crippen molar-refractivity contribution in [2.75, 3.05) is 6.54 Å². The monoisotopic (exact) mass is 495 g/mol. The van der Waals surface area contributed by atoms with Crippen molar-refractivity contribution >= 4 is 23.5 Å². The molecule has 1 N–H and O–H groups in total. The molecule has 0 spiro atoms. The maximum atomic E-state index is 13.5. The number of hydrogen-bond acceptors (Lipinski definition) is 3. The third-order valence-electron chi connectivity index (χ3n) is 6.17. The summed E-state index contributed by atoms with van der Waals surface area (Å²) in [5.41, 5.74) is 3.74. The summed E-state index contributed by atoms with van der Waals surface area (Å²) in [4.78, 5) is 26.1. The van der Waals surface area contributed by atoms with Crippen LogP contribution in [0.5, 0.6) is 5.75 Å². The molecule has 0 aromatic heterocycles. The van der Waals surface area contributed by atoms with Crippen LogP contribution < -0.4 is 4.74 Å².